The fourth-order valence-corrected chi connectivity index (χ4v) is 1.33. The molecule has 0 aromatic rings. The SMILES string of the molecule is O[C@H]1[C@@H]2OC[C@@H](O2)[C@H](F)[C@@H]1F. The quantitative estimate of drug-likeness (QED) is 0.540. The molecule has 2 fully saturated rings. The normalized spacial score (nSPS) is 56.5. The Balaban J connectivity index is 2.16. The van der Waals surface area contributed by atoms with Gasteiger partial charge in [-0.25, -0.2) is 8.78 Å². The molecule has 2 heterocycles. The number of hydrogen-bond donors (Lipinski definition) is 1. The molecule has 0 radical (unpaired) electrons. The van der Waals surface area contributed by atoms with E-state index in [9.17, 15) is 8.78 Å². The number of alkyl halides is 2. The van der Waals surface area contributed by atoms with E-state index < -0.39 is 30.8 Å². The van der Waals surface area contributed by atoms with Gasteiger partial charge < -0.3 is 14.6 Å². The number of halogens is 2. The molecule has 3 nitrogen and oxygen atoms in total. The largest absolute Gasteiger partial charge is 0.385 e. The molecule has 0 amide bonds. The maximum atomic E-state index is 12.8. The molecule has 2 saturated heterocycles. The molecular weight excluding hydrogens is 158 g/mol. The first-order chi connectivity index (χ1) is 5.20. The Labute approximate surface area is 61.9 Å². The summed E-state index contributed by atoms with van der Waals surface area (Å²) in [5.41, 5.74) is 0. The first kappa shape index (κ1) is 7.39. The number of aliphatic hydroxyl groups is 1. The van der Waals surface area contributed by atoms with E-state index in [0.29, 0.717) is 0 Å². The van der Waals surface area contributed by atoms with Crippen molar-refractivity contribution in [2.24, 2.45) is 0 Å². The van der Waals surface area contributed by atoms with Crippen molar-refractivity contribution < 1.29 is 23.4 Å². The van der Waals surface area contributed by atoms with Gasteiger partial charge in [0.2, 0.25) is 0 Å². The second-order valence-corrected chi connectivity index (χ2v) is 2.76. The van der Waals surface area contributed by atoms with Crippen LogP contribution in [-0.2, 0) is 9.47 Å². The highest BCUT2D eigenvalue weighted by Gasteiger charge is 2.50. The molecule has 64 valence electrons. The van der Waals surface area contributed by atoms with Crippen LogP contribution in [0.2, 0.25) is 0 Å². The lowest BCUT2D eigenvalue weighted by atomic mass is 10.0. The minimum Gasteiger partial charge on any atom is -0.385 e. The topological polar surface area (TPSA) is 38.7 Å². The van der Waals surface area contributed by atoms with E-state index in [4.69, 9.17) is 14.6 Å². The van der Waals surface area contributed by atoms with Gasteiger partial charge in [-0.2, -0.15) is 0 Å². The van der Waals surface area contributed by atoms with Gasteiger partial charge in [0.1, 0.15) is 12.2 Å². The van der Waals surface area contributed by atoms with Crippen LogP contribution in [-0.4, -0.2) is 42.6 Å². The zero-order valence-corrected chi connectivity index (χ0v) is 5.61. The third-order valence-electron chi connectivity index (χ3n) is 2.00. The van der Waals surface area contributed by atoms with Crippen LogP contribution in [0.25, 0.3) is 0 Å². The summed E-state index contributed by atoms with van der Waals surface area (Å²) in [6.07, 6.45) is -6.92. The van der Waals surface area contributed by atoms with Gasteiger partial charge in [-0.05, 0) is 0 Å². The zero-order chi connectivity index (χ0) is 8.01. The summed E-state index contributed by atoms with van der Waals surface area (Å²) >= 11 is 0. The van der Waals surface area contributed by atoms with Gasteiger partial charge in [0.15, 0.2) is 18.6 Å². The van der Waals surface area contributed by atoms with Crippen LogP contribution in [0.5, 0.6) is 0 Å². The molecule has 0 saturated carbocycles. The molecule has 11 heavy (non-hydrogen) atoms. The summed E-state index contributed by atoms with van der Waals surface area (Å²) in [6.45, 7) is 0.0311. The van der Waals surface area contributed by atoms with E-state index in [0.717, 1.165) is 0 Å². The summed E-state index contributed by atoms with van der Waals surface area (Å²) in [7, 11) is 0. The Morgan fingerprint density at radius 1 is 1.27 bits per heavy atom. The van der Waals surface area contributed by atoms with Crippen LogP contribution in [0, 0.1) is 0 Å². The minimum atomic E-state index is -1.87. The predicted octanol–water partition coefficient (Wildman–Crippen LogP) is -0.221. The van der Waals surface area contributed by atoms with Gasteiger partial charge >= 0.3 is 0 Å². The molecule has 0 aromatic carbocycles. The van der Waals surface area contributed by atoms with E-state index in [-0.39, 0.29) is 6.61 Å². The molecule has 2 aliphatic rings. The Morgan fingerprint density at radius 2 is 2.00 bits per heavy atom. The van der Waals surface area contributed by atoms with E-state index in [1.165, 1.54) is 0 Å². The highest BCUT2D eigenvalue weighted by Crippen LogP contribution is 2.31. The lowest BCUT2D eigenvalue weighted by Gasteiger charge is -2.29. The molecule has 0 aromatic heterocycles. The van der Waals surface area contributed by atoms with Crippen LogP contribution in [0.4, 0.5) is 8.78 Å². The van der Waals surface area contributed by atoms with Gasteiger partial charge in [0.25, 0.3) is 0 Å². The summed E-state index contributed by atoms with van der Waals surface area (Å²) in [6, 6.07) is 0. The number of hydrogen-bond acceptors (Lipinski definition) is 3. The van der Waals surface area contributed by atoms with Crippen LogP contribution in [0.1, 0.15) is 0 Å². The number of rotatable bonds is 0. The van der Waals surface area contributed by atoms with Crippen LogP contribution < -0.4 is 0 Å². The summed E-state index contributed by atoms with van der Waals surface area (Å²) in [4.78, 5) is 0. The first-order valence-corrected chi connectivity index (χ1v) is 3.43. The predicted molar refractivity (Wildman–Crippen MR) is 30.4 cm³/mol. The monoisotopic (exact) mass is 166 g/mol. The van der Waals surface area contributed by atoms with Crippen molar-refractivity contribution in [2.75, 3.05) is 6.61 Å². The second-order valence-electron chi connectivity index (χ2n) is 2.76. The Morgan fingerprint density at radius 3 is 2.73 bits per heavy atom. The van der Waals surface area contributed by atoms with Crippen molar-refractivity contribution >= 4 is 0 Å². The highest BCUT2D eigenvalue weighted by atomic mass is 19.2. The van der Waals surface area contributed by atoms with Gasteiger partial charge in [0, 0.05) is 0 Å². The second kappa shape index (κ2) is 2.36. The summed E-state index contributed by atoms with van der Waals surface area (Å²) < 4.78 is 35.1. The molecule has 2 aliphatic heterocycles. The Kier molecular flexibility index (Phi) is 1.59. The van der Waals surface area contributed by atoms with Crippen molar-refractivity contribution in [1.29, 1.82) is 0 Å². The van der Waals surface area contributed by atoms with Gasteiger partial charge in [-0.15, -0.1) is 0 Å². The fraction of sp³-hybridized carbons (Fsp3) is 1.00. The van der Waals surface area contributed by atoms with Crippen LogP contribution >= 0.6 is 0 Å². The number of fused-ring (bicyclic) bond motifs is 2. The van der Waals surface area contributed by atoms with Gasteiger partial charge in [-0.3, -0.25) is 0 Å². The average Bonchev–Trinajstić information content (AvgIpc) is 2.44. The van der Waals surface area contributed by atoms with Crippen molar-refractivity contribution in [1.82, 2.24) is 0 Å². The third-order valence-corrected chi connectivity index (χ3v) is 2.00. The Hall–Kier alpha value is -0.260. The molecule has 2 bridgehead atoms. The fourth-order valence-electron chi connectivity index (χ4n) is 1.33. The molecule has 0 aliphatic carbocycles. The molecule has 1 N–H and O–H groups in total. The molecule has 5 atom stereocenters. The lowest BCUT2D eigenvalue weighted by Crippen LogP contribution is -2.49. The maximum absolute atomic E-state index is 12.8. The van der Waals surface area contributed by atoms with Crippen molar-refractivity contribution in [3.8, 4) is 0 Å². The van der Waals surface area contributed by atoms with E-state index in [1.807, 2.05) is 0 Å². The van der Waals surface area contributed by atoms with Crippen molar-refractivity contribution in [3.05, 3.63) is 0 Å². The molecular formula is C6H8F2O3. The first-order valence-electron chi connectivity index (χ1n) is 3.43. The van der Waals surface area contributed by atoms with Gasteiger partial charge in [0.05, 0.1) is 6.61 Å². The maximum Gasteiger partial charge on any atom is 0.187 e. The Bertz CT molecular complexity index is 146. The third kappa shape index (κ3) is 0.953. The molecule has 0 spiro atoms. The zero-order valence-electron chi connectivity index (χ0n) is 5.61. The van der Waals surface area contributed by atoms with Gasteiger partial charge in [-0.1, -0.05) is 0 Å². The van der Waals surface area contributed by atoms with Crippen LogP contribution in [0.15, 0.2) is 0 Å². The van der Waals surface area contributed by atoms with E-state index in [1.54, 1.807) is 0 Å². The molecule has 2 rings (SSSR count). The van der Waals surface area contributed by atoms with E-state index in [2.05, 4.69) is 0 Å². The lowest BCUT2D eigenvalue weighted by molar-refractivity contribution is -0.199. The highest BCUT2D eigenvalue weighted by molar-refractivity contribution is 4.93. The average molecular weight is 166 g/mol. The van der Waals surface area contributed by atoms with Crippen molar-refractivity contribution in [3.63, 3.8) is 0 Å². The number of ether oxygens (including phenoxy) is 2. The molecule has 0 unspecified atom stereocenters. The van der Waals surface area contributed by atoms with E-state index >= 15 is 0 Å². The summed E-state index contributed by atoms with van der Waals surface area (Å²) in [5.74, 6) is 0. The van der Waals surface area contributed by atoms with Crippen LogP contribution in [0.3, 0.4) is 0 Å². The molecule has 5 heteroatoms. The van der Waals surface area contributed by atoms with Crippen molar-refractivity contribution in [2.45, 2.75) is 30.8 Å². The smallest absolute Gasteiger partial charge is 0.187 e. The number of aliphatic hydroxyl groups excluding tert-OH is 1. The summed E-state index contributed by atoms with van der Waals surface area (Å²) in [5, 5.41) is 8.97. The standard InChI is InChI=1S/C6H8F2O3/c7-3-2-1-10-6(11-2)5(9)4(3)8/h2-6,9H,1H2/t2-,3+,4+,5-,6-/m1/s1. The minimum absolute atomic E-state index is 0.0311.